The molecule has 0 radical (unpaired) electrons. The van der Waals surface area contributed by atoms with Gasteiger partial charge in [-0.1, -0.05) is 30.3 Å². The molecule has 1 N–H and O–H groups in total. The number of para-hydroxylation sites is 1. The fourth-order valence-electron chi connectivity index (χ4n) is 4.01. The summed E-state index contributed by atoms with van der Waals surface area (Å²) in [5.41, 5.74) is 1.99. The minimum atomic E-state index is -0.124. The van der Waals surface area contributed by atoms with Crippen molar-refractivity contribution >= 4 is 0 Å². The second kappa shape index (κ2) is 11.8. The monoisotopic (exact) mass is 450 g/mol. The number of rotatable bonds is 10. The number of aromatic nitrogens is 3. The van der Waals surface area contributed by atoms with Crippen molar-refractivity contribution in [2.45, 2.75) is 19.5 Å². The van der Waals surface area contributed by atoms with Gasteiger partial charge in [0.15, 0.2) is 0 Å². The van der Waals surface area contributed by atoms with E-state index in [4.69, 9.17) is 4.74 Å². The highest BCUT2D eigenvalue weighted by Crippen LogP contribution is 2.12. The molecule has 4 rings (SSSR count). The fourth-order valence-corrected chi connectivity index (χ4v) is 4.01. The van der Waals surface area contributed by atoms with Crippen LogP contribution in [0.15, 0.2) is 65.7 Å². The van der Waals surface area contributed by atoms with E-state index in [1.807, 2.05) is 42.5 Å². The molecule has 3 aromatic rings. The van der Waals surface area contributed by atoms with Gasteiger partial charge in [0.25, 0.3) is 0 Å². The molecule has 1 fully saturated rings. The van der Waals surface area contributed by atoms with Gasteiger partial charge in [0.2, 0.25) is 0 Å². The topological polar surface area (TPSA) is 67.6 Å². The van der Waals surface area contributed by atoms with E-state index in [9.17, 15) is 4.79 Å². The van der Waals surface area contributed by atoms with E-state index in [-0.39, 0.29) is 5.69 Å². The van der Waals surface area contributed by atoms with Crippen molar-refractivity contribution in [2.75, 3.05) is 52.9 Å². The van der Waals surface area contributed by atoms with E-state index in [1.54, 1.807) is 10.9 Å². The molecule has 0 unspecified atom stereocenters. The average Bonchev–Trinajstić information content (AvgIpc) is 3.07. The highest BCUT2D eigenvalue weighted by atomic mass is 16.5. The molecule has 2 aromatic carbocycles. The van der Waals surface area contributed by atoms with Gasteiger partial charge in [-0.3, -0.25) is 4.90 Å². The van der Waals surface area contributed by atoms with Crippen LogP contribution in [0.2, 0.25) is 0 Å². The zero-order chi connectivity index (χ0) is 22.9. The Hall–Kier alpha value is -2.94. The molecule has 1 aromatic heterocycles. The molecule has 0 aliphatic carbocycles. The van der Waals surface area contributed by atoms with Crippen molar-refractivity contribution in [3.05, 3.63) is 77.0 Å². The Balaban J connectivity index is 1.23. The van der Waals surface area contributed by atoms with E-state index in [2.05, 4.69) is 39.4 Å². The van der Waals surface area contributed by atoms with Gasteiger partial charge in [-0.15, -0.1) is 0 Å². The van der Waals surface area contributed by atoms with Gasteiger partial charge in [-0.25, -0.2) is 14.0 Å². The molecular formula is C25H34N6O2. The van der Waals surface area contributed by atoms with Gasteiger partial charge >= 0.3 is 5.69 Å². The van der Waals surface area contributed by atoms with Crippen LogP contribution in [0.1, 0.15) is 12.0 Å². The van der Waals surface area contributed by atoms with Crippen LogP contribution in [0.5, 0.6) is 5.75 Å². The number of nitrogens with one attached hydrogen (secondary N) is 1. The van der Waals surface area contributed by atoms with Crippen molar-refractivity contribution < 1.29 is 4.74 Å². The number of nitrogens with zero attached hydrogens (tertiary/aromatic N) is 5. The number of ether oxygens (including phenoxy) is 1. The molecule has 0 saturated carbocycles. The second-order valence-electron chi connectivity index (χ2n) is 8.52. The lowest BCUT2D eigenvalue weighted by molar-refractivity contribution is 0.269. The lowest BCUT2D eigenvalue weighted by Gasteiger charge is -2.20. The molecule has 1 aliphatic rings. The summed E-state index contributed by atoms with van der Waals surface area (Å²) in [6.45, 7) is 7.90. The highest BCUT2D eigenvalue weighted by Gasteiger charge is 2.13. The predicted octanol–water partition coefficient (Wildman–Crippen LogP) is 1.84. The molecule has 8 nitrogen and oxygen atoms in total. The number of likely N-dealkylation sites (N-methyl/N-ethyl adjacent to an activating group) is 1. The molecule has 8 heteroatoms. The van der Waals surface area contributed by atoms with E-state index >= 15 is 0 Å². The van der Waals surface area contributed by atoms with Gasteiger partial charge in [-0.2, -0.15) is 5.10 Å². The Morgan fingerprint density at radius 3 is 2.61 bits per heavy atom. The average molecular weight is 451 g/mol. The lowest BCUT2D eigenvalue weighted by Crippen LogP contribution is -2.30. The summed E-state index contributed by atoms with van der Waals surface area (Å²) in [5.74, 6) is 0.860. The molecule has 1 saturated heterocycles. The zero-order valence-electron chi connectivity index (χ0n) is 19.4. The summed E-state index contributed by atoms with van der Waals surface area (Å²) >= 11 is 0. The maximum Gasteiger partial charge on any atom is 0.350 e. The number of hydrogen-bond acceptors (Lipinski definition) is 6. The van der Waals surface area contributed by atoms with Crippen LogP contribution in [0.4, 0.5) is 0 Å². The third kappa shape index (κ3) is 6.77. The van der Waals surface area contributed by atoms with Gasteiger partial charge in [0.1, 0.15) is 18.7 Å². The molecule has 0 spiro atoms. The number of hydrogen-bond donors (Lipinski definition) is 1. The van der Waals surface area contributed by atoms with Crippen LogP contribution >= 0.6 is 0 Å². The van der Waals surface area contributed by atoms with Crippen LogP contribution < -0.4 is 15.7 Å². The summed E-state index contributed by atoms with van der Waals surface area (Å²) in [6, 6.07) is 18.0. The Morgan fingerprint density at radius 2 is 1.79 bits per heavy atom. The highest BCUT2D eigenvalue weighted by molar-refractivity contribution is 5.34. The van der Waals surface area contributed by atoms with Crippen molar-refractivity contribution in [1.29, 1.82) is 0 Å². The molecular weight excluding hydrogens is 416 g/mol. The molecule has 0 amide bonds. The molecule has 33 heavy (non-hydrogen) atoms. The van der Waals surface area contributed by atoms with Crippen LogP contribution in [0, 0.1) is 0 Å². The maximum atomic E-state index is 12.7. The zero-order valence-corrected chi connectivity index (χ0v) is 19.4. The van der Waals surface area contributed by atoms with Crippen LogP contribution in [-0.4, -0.2) is 77.1 Å². The van der Waals surface area contributed by atoms with Crippen LogP contribution in [0.3, 0.4) is 0 Å². The van der Waals surface area contributed by atoms with E-state index in [1.165, 1.54) is 23.2 Å². The van der Waals surface area contributed by atoms with E-state index in [0.29, 0.717) is 26.2 Å². The molecule has 1 aliphatic heterocycles. The van der Waals surface area contributed by atoms with Crippen molar-refractivity contribution in [3.63, 3.8) is 0 Å². The first-order valence-corrected chi connectivity index (χ1v) is 11.7. The first-order chi connectivity index (χ1) is 16.2. The largest absolute Gasteiger partial charge is 0.492 e. The van der Waals surface area contributed by atoms with Crippen molar-refractivity contribution in [2.24, 2.45) is 0 Å². The van der Waals surface area contributed by atoms with Crippen molar-refractivity contribution in [1.82, 2.24) is 29.5 Å². The molecule has 0 bridgehead atoms. The standard InChI is InChI=1S/C25H34N6O2/c1-28-14-5-15-29(18-17-28)20-22-8-10-23(11-9-22)30-21-27-31(25(30)32)16-12-26-13-19-33-24-6-3-2-4-7-24/h2-4,6-11,21,26H,5,12-20H2,1H3. The SMILES string of the molecule is CN1CCCN(Cc2ccc(-n3cnn(CCNCCOc4ccccc4)c3=O)cc2)CC1. The van der Waals surface area contributed by atoms with E-state index < -0.39 is 0 Å². The quantitative estimate of drug-likeness (QED) is 0.476. The van der Waals surface area contributed by atoms with E-state index in [0.717, 1.165) is 37.6 Å². The molecule has 2 heterocycles. The summed E-state index contributed by atoms with van der Waals surface area (Å²) in [4.78, 5) is 17.6. The van der Waals surface area contributed by atoms with Crippen LogP contribution in [0.25, 0.3) is 5.69 Å². The minimum absolute atomic E-state index is 0.124. The minimum Gasteiger partial charge on any atom is -0.492 e. The Bertz CT molecular complexity index is 1030. The Kier molecular flexibility index (Phi) is 8.30. The third-order valence-corrected chi connectivity index (χ3v) is 5.96. The fraction of sp³-hybridized carbons (Fsp3) is 0.440. The molecule has 176 valence electrons. The third-order valence-electron chi connectivity index (χ3n) is 5.96. The normalized spacial score (nSPS) is 15.4. The summed E-state index contributed by atoms with van der Waals surface area (Å²) in [7, 11) is 2.19. The molecule has 0 atom stereocenters. The van der Waals surface area contributed by atoms with Gasteiger partial charge in [0.05, 0.1) is 12.2 Å². The summed E-state index contributed by atoms with van der Waals surface area (Å²) in [6.07, 6.45) is 2.80. The lowest BCUT2D eigenvalue weighted by atomic mass is 10.2. The van der Waals surface area contributed by atoms with Crippen molar-refractivity contribution in [3.8, 4) is 11.4 Å². The first-order valence-electron chi connectivity index (χ1n) is 11.7. The maximum absolute atomic E-state index is 12.7. The van der Waals surface area contributed by atoms with Gasteiger partial charge < -0.3 is 15.0 Å². The number of benzene rings is 2. The van der Waals surface area contributed by atoms with Gasteiger partial charge in [-0.05, 0) is 56.4 Å². The summed E-state index contributed by atoms with van der Waals surface area (Å²) in [5, 5.41) is 7.57. The Labute approximate surface area is 195 Å². The predicted molar refractivity (Wildman–Crippen MR) is 130 cm³/mol. The Morgan fingerprint density at radius 1 is 0.970 bits per heavy atom. The van der Waals surface area contributed by atoms with Crippen LogP contribution in [-0.2, 0) is 13.1 Å². The second-order valence-corrected chi connectivity index (χ2v) is 8.52. The smallest absolute Gasteiger partial charge is 0.350 e. The first kappa shape index (κ1) is 23.2. The summed E-state index contributed by atoms with van der Waals surface area (Å²) < 4.78 is 8.75. The van der Waals surface area contributed by atoms with Gasteiger partial charge in [0, 0.05) is 32.7 Å².